The monoisotopic (exact) mass is 286 g/mol. The van der Waals surface area contributed by atoms with Crippen LogP contribution in [0.2, 0.25) is 0 Å². The van der Waals surface area contributed by atoms with E-state index in [9.17, 15) is 0 Å². The van der Waals surface area contributed by atoms with Crippen LogP contribution in [0.4, 0.5) is 5.82 Å². The largest absolute Gasteiger partial charge is 0.353 e. The molecule has 2 aromatic rings. The van der Waals surface area contributed by atoms with Crippen molar-refractivity contribution >= 4 is 11.5 Å². The first kappa shape index (κ1) is 13.0. The van der Waals surface area contributed by atoms with Crippen molar-refractivity contribution in [2.24, 2.45) is 0 Å². The molecule has 0 N–H and O–H groups in total. The molecule has 0 spiro atoms. The molecule has 1 aliphatic heterocycles. The molecule has 0 unspecified atom stereocenters. The third-order valence-electron chi connectivity index (χ3n) is 4.88. The highest BCUT2D eigenvalue weighted by atomic mass is 15.4. The molecule has 6 heteroatoms. The first-order valence-corrected chi connectivity index (χ1v) is 8.06. The van der Waals surface area contributed by atoms with Crippen molar-refractivity contribution < 1.29 is 0 Å². The van der Waals surface area contributed by atoms with Gasteiger partial charge in [0.2, 0.25) is 0 Å². The fraction of sp³-hybridized carbons (Fsp3) is 0.667. The van der Waals surface area contributed by atoms with Crippen LogP contribution in [0.5, 0.6) is 0 Å². The van der Waals surface area contributed by atoms with Crippen LogP contribution in [0.1, 0.15) is 32.1 Å². The van der Waals surface area contributed by atoms with Gasteiger partial charge in [-0.1, -0.05) is 19.3 Å². The van der Waals surface area contributed by atoms with Gasteiger partial charge in [-0.25, -0.2) is 0 Å². The molecule has 2 fully saturated rings. The van der Waals surface area contributed by atoms with Gasteiger partial charge in [0.15, 0.2) is 5.65 Å². The van der Waals surface area contributed by atoms with Crippen LogP contribution >= 0.6 is 0 Å². The van der Waals surface area contributed by atoms with Gasteiger partial charge in [0.1, 0.15) is 12.1 Å². The third-order valence-corrected chi connectivity index (χ3v) is 4.88. The number of anilines is 1. The Bertz CT molecular complexity index is 595. The summed E-state index contributed by atoms with van der Waals surface area (Å²) in [5.41, 5.74) is 0.805. The van der Waals surface area contributed by atoms with Gasteiger partial charge in [0.05, 0.1) is 0 Å². The minimum absolute atomic E-state index is 0.805. The molecule has 0 amide bonds. The summed E-state index contributed by atoms with van der Waals surface area (Å²) in [4.78, 5) is 5.06. The van der Waals surface area contributed by atoms with E-state index in [1.165, 1.54) is 32.1 Å². The van der Waals surface area contributed by atoms with Crippen molar-refractivity contribution in [3.05, 3.63) is 18.5 Å². The van der Waals surface area contributed by atoms with Crippen molar-refractivity contribution in [2.45, 2.75) is 38.1 Å². The maximum Gasteiger partial charge on any atom is 0.177 e. The second kappa shape index (κ2) is 5.60. The van der Waals surface area contributed by atoms with Crippen molar-refractivity contribution in [1.82, 2.24) is 24.7 Å². The standard InChI is InChI=1S/C15H22N6/c1-2-4-13(5-3-1)19-8-10-20(11-9-19)15-7-6-14-17-16-12-21(14)18-15/h6-7,12-13H,1-5,8-11H2. The normalized spacial score (nSPS) is 22.0. The van der Waals surface area contributed by atoms with Gasteiger partial charge in [-0.15, -0.1) is 15.3 Å². The molecule has 1 aliphatic carbocycles. The number of rotatable bonds is 2. The second-order valence-electron chi connectivity index (χ2n) is 6.14. The first-order valence-electron chi connectivity index (χ1n) is 8.06. The molecule has 0 atom stereocenters. The van der Waals surface area contributed by atoms with E-state index >= 15 is 0 Å². The molecule has 1 saturated heterocycles. The lowest BCUT2D eigenvalue weighted by Gasteiger charge is -2.41. The molecule has 1 saturated carbocycles. The Morgan fingerprint density at radius 1 is 0.952 bits per heavy atom. The minimum atomic E-state index is 0.805. The van der Waals surface area contributed by atoms with E-state index in [0.717, 1.165) is 43.7 Å². The highest BCUT2D eigenvalue weighted by Crippen LogP contribution is 2.24. The van der Waals surface area contributed by atoms with Crippen molar-refractivity contribution in [3.63, 3.8) is 0 Å². The van der Waals surface area contributed by atoms with Crippen LogP contribution < -0.4 is 4.90 Å². The Kier molecular flexibility index (Phi) is 3.47. The number of fused-ring (bicyclic) bond motifs is 1. The fourth-order valence-corrected chi connectivity index (χ4v) is 3.65. The van der Waals surface area contributed by atoms with E-state index in [0.29, 0.717) is 0 Å². The van der Waals surface area contributed by atoms with E-state index in [1.54, 1.807) is 10.8 Å². The number of hydrogen-bond acceptors (Lipinski definition) is 5. The van der Waals surface area contributed by atoms with Gasteiger partial charge >= 0.3 is 0 Å². The fourth-order valence-electron chi connectivity index (χ4n) is 3.65. The molecule has 3 heterocycles. The first-order chi connectivity index (χ1) is 10.4. The summed E-state index contributed by atoms with van der Waals surface area (Å²) in [6.45, 7) is 4.45. The van der Waals surface area contributed by atoms with E-state index in [1.807, 2.05) is 6.07 Å². The van der Waals surface area contributed by atoms with Crippen LogP contribution in [0.3, 0.4) is 0 Å². The van der Waals surface area contributed by atoms with Gasteiger partial charge in [-0.2, -0.15) is 4.52 Å². The van der Waals surface area contributed by atoms with Crippen molar-refractivity contribution in [1.29, 1.82) is 0 Å². The minimum Gasteiger partial charge on any atom is -0.353 e. The Hall–Kier alpha value is -1.69. The Morgan fingerprint density at radius 3 is 2.57 bits per heavy atom. The topological polar surface area (TPSA) is 49.6 Å². The Balaban J connectivity index is 1.42. The Morgan fingerprint density at radius 2 is 1.76 bits per heavy atom. The lowest BCUT2D eigenvalue weighted by Crippen LogP contribution is -2.51. The van der Waals surface area contributed by atoms with Gasteiger partial charge in [-0.05, 0) is 25.0 Å². The summed E-state index contributed by atoms with van der Waals surface area (Å²) in [5.74, 6) is 1.03. The molecule has 2 aromatic heterocycles. The maximum absolute atomic E-state index is 4.60. The zero-order valence-corrected chi connectivity index (χ0v) is 12.4. The molecule has 6 nitrogen and oxygen atoms in total. The van der Waals surface area contributed by atoms with Gasteiger partial charge in [0.25, 0.3) is 0 Å². The average Bonchev–Trinajstić information content (AvgIpc) is 3.03. The molecule has 21 heavy (non-hydrogen) atoms. The van der Waals surface area contributed by atoms with E-state index < -0.39 is 0 Å². The number of hydrogen-bond donors (Lipinski definition) is 0. The summed E-state index contributed by atoms with van der Waals surface area (Å²) in [6.07, 6.45) is 8.71. The number of nitrogens with zero attached hydrogens (tertiary/aromatic N) is 6. The lowest BCUT2D eigenvalue weighted by molar-refractivity contribution is 0.147. The highest BCUT2D eigenvalue weighted by molar-refractivity contribution is 5.45. The van der Waals surface area contributed by atoms with Gasteiger partial charge in [-0.3, -0.25) is 4.90 Å². The summed E-state index contributed by atoms with van der Waals surface area (Å²) in [7, 11) is 0. The smallest absolute Gasteiger partial charge is 0.177 e. The molecule has 2 aliphatic rings. The van der Waals surface area contributed by atoms with Crippen molar-refractivity contribution in [2.75, 3.05) is 31.1 Å². The van der Waals surface area contributed by atoms with Crippen LogP contribution in [-0.4, -0.2) is 56.9 Å². The molecular formula is C15H22N6. The van der Waals surface area contributed by atoms with Gasteiger partial charge in [0, 0.05) is 32.2 Å². The molecule has 4 rings (SSSR count). The molecule has 0 bridgehead atoms. The number of aromatic nitrogens is 4. The SMILES string of the molecule is c1cc2nncn2nc1N1CCN(C2CCCCC2)CC1. The van der Waals surface area contributed by atoms with Crippen LogP contribution in [0.15, 0.2) is 18.5 Å². The summed E-state index contributed by atoms with van der Waals surface area (Å²) < 4.78 is 1.75. The predicted octanol–water partition coefficient (Wildman–Crippen LogP) is 1.58. The molecule has 112 valence electrons. The molecular weight excluding hydrogens is 264 g/mol. The Labute approximate surface area is 124 Å². The number of piperazine rings is 1. The zero-order valence-electron chi connectivity index (χ0n) is 12.4. The van der Waals surface area contributed by atoms with Crippen molar-refractivity contribution in [3.8, 4) is 0 Å². The third kappa shape index (κ3) is 2.60. The van der Waals surface area contributed by atoms with E-state index in [4.69, 9.17) is 0 Å². The van der Waals surface area contributed by atoms with Crippen LogP contribution in [0.25, 0.3) is 5.65 Å². The average molecular weight is 286 g/mol. The predicted molar refractivity (Wildman–Crippen MR) is 81.4 cm³/mol. The van der Waals surface area contributed by atoms with Gasteiger partial charge < -0.3 is 4.90 Å². The quantitative estimate of drug-likeness (QED) is 0.839. The van der Waals surface area contributed by atoms with E-state index in [2.05, 4.69) is 31.2 Å². The summed E-state index contributed by atoms with van der Waals surface area (Å²) in [5, 5.41) is 12.5. The molecule has 0 radical (unpaired) electrons. The van der Waals surface area contributed by atoms with Crippen LogP contribution in [0, 0.1) is 0 Å². The van der Waals surface area contributed by atoms with Crippen LogP contribution in [-0.2, 0) is 0 Å². The molecule has 0 aromatic carbocycles. The zero-order chi connectivity index (χ0) is 14.1. The second-order valence-corrected chi connectivity index (χ2v) is 6.14. The van der Waals surface area contributed by atoms with E-state index in [-0.39, 0.29) is 0 Å². The lowest BCUT2D eigenvalue weighted by atomic mass is 9.94. The maximum atomic E-state index is 4.60. The summed E-state index contributed by atoms with van der Waals surface area (Å²) in [6, 6.07) is 4.87. The highest BCUT2D eigenvalue weighted by Gasteiger charge is 2.25. The summed E-state index contributed by atoms with van der Waals surface area (Å²) >= 11 is 0.